The lowest BCUT2D eigenvalue weighted by atomic mass is 10.0. The summed E-state index contributed by atoms with van der Waals surface area (Å²) in [7, 11) is 0. The standard InChI is InChI=1S/C13H19F3N2/c1-8(17)9(2)18-10(3)11-4-6-12(7-5-11)13(14,15)16/h4-10,18H,17H2,1-3H3. The van der Waals surface area contributed by atoms with E-state index < -0.39 is 11.7 Å². The molecule has 3 atom stereocenters. The lowest BCUT2D eigenvalue weighted by molar-refractivity contribution is -0.137. The van der Waals surface area contributed by atoms with E-state index in [1.165, 1.54) is 12.1 Å². The molecular formula is C13H19F3N2. The number of halogens is 3. The van der Waals surface area contributed by atoms with Crippen molar-refractivity contribution >= 4 is 0 Å². The molecule has 0 spiro atoms. The third kappa shape index (κ3) is 3.99. The van der Waals surface area contributed by atoms with Gasteiger partial charge in [0.15, 0.2) is 0 Å². The van der Waals surface area contributed by atoms with Crippen molar-refractivity contribution in [3.8, 4) is 0 Å². The van der Waals surface area contributed by atoms with Gasteiger partial charge < -0.3 is 11.1 Å². The van der Waals surface area contributed by atoms with Gasteiger partial charge in [0.1, 0.15) is 0 Å². The van der Waals surface area contributed by atoms with Crippen LogP contribution >= 0.6 is 0 Å². The van der Waals surface area contributed by atoms with Crippen molar-refractivity contribution in [3.05, 3.63) is 35.4 Å². The summed E-state index contributed by atoms with van der Waals surface area (Å²) in [5.74, 6) is 0. The zero-order chi connectivity index (χ0) is 13.9. The monoisotopic (exact) mass is 260 g/mol. The molecule has 0 aliphatic carbocycles. The fourth-order valence-electron chi connectivity index (χ4n) is 1.60. The van der Waals surface area contributed by atoms with Crippen molar-refractivity contribution in [1.82, 2.24) is 5.32 Å². The van der Waals surface area contributed by atoms with Crippen molar-refractivity contribution in [3.63, 3.8) is 0 Å². The van der Waals surface area contributed by atoms with Gasteiger partial charge in [-0.3, -0.25) is 0 Å². The molecule has 1 aromatic carbocycles. The minimum atomic E-state index is -4.28. The molecule has 0 amide bonds. The first kappa shape index (κ1) is 15.0. The lowest BCUT2D eigenvalue weighted by Crippen LogP contribution is -2.41. The molecule has 0 saturated carbocycles. The van der Waals surface area contributed by atoms with Gasteiger partial charge in [-0.1, -0.05) is 12.1 Å². The minimum absolute atomic E-state index is 0.0121. The molecule has 0 saturated heterocycles. The number of benzene rings is 1. The Bertz CT molecular complexity index is 371. The Morgan fingerprint density at radius 3 is 1.94 bits per heavy atom. The third-order valence-electron chi connectivity index (χ3n) is 3.04. The number of rotatable bonds is 4. The van der Waals surface area contributed by atoms with Gasteiger partial charge >= 0.3 is 6.18 Å². The van der Waals surface area contributed by atoms with Crippen molar-refractivity contribution in [2.45, 2.75) is 45.1 Å². The Morgan fingerprint density at radius 1 is 1.06 bits per heavy atom. The van der Waals surface area contributed by atoms with E-state index >= 15 is 0 Å². The normalized spacial score (nSPS) is 17.3. The van der Waals surface area contributed by atoms with Crippen molar-refractivity contribution in [2.24, 2.45) is 5.73 Å². The SMILES string of the molecule is CC(NC(C)C(C)N)c1ccc(C(F)(F)F)cc1. The van der Waals surface area contributed by atoms with E-state index in [0.717, 1.165) is 17.7 Å². The van der Waals surface area contributed by atoms with Crippen LogP contribution in [0, 0.1) is 0 Å². The first-order chi connectivity index (χ1) is 8.21. The summed E-state index contributed by atoms with van der Waals surface area (Å²) >= 11 is 0. The summed E-state index contributed by atoms with van der Waals surface area (Å²) in [6.07, 6.45) is -4.28. The molecule has 0 radical (unpaired) electrons. The lowest BCUT2D eigenvalue weighted by Gasteiger charge is -2.23. The molecule has 2 nitrogen and oxygen atoms in total. The van der Waals surface area contributed by atoms with E-state index in [0.29, 0.717) is 0 Å². The molecule has 3 unspecified atom stereocenters. The summed E-state index contributed by atoms with van der Waals surface area (Å²) in [6.45, 7) is 5.74. The molecule has 3 N–H and O–H groups in total. The van der Waals surface area contributed by atoms with Gasteiger partial charge in [-0.05, 0) is 38.5 Å². The third-order valence-corrected chi connectivity index (χ3v) is 3.04. The molecule has 102 valence electrons. The van der Waals surface area contributed by atoms with E-state index in [2.05, 4.69) is 5.32 Å². The van der Waals surface area contributed by atoms with Gasteiger partial charge in [0, 0.05) is 18.1 Å². The highest BCUT2D eigenvalue weighted by atomic mass is 19.4. The van der Waals surface area contributed by atoms with Gasteiger partial charge in [-0.2, -0.15) is 13.2 Å². The van der Waals surface area contributed by atoms with Gasteiger partial charge in [0.25, 0.3) is 0 Å². The largest absolute Gasteiger partial charge is 0.416 e. The van der Waals surface area contributed by atoms with Gasteiger partial charge in [-0.15, -0.1) is 0 Å². The van der Waals surface area contributed by atoms with Crippen LogP contribution in [-0.4, -0.2) is 12.1 Å². The van der Waals surface area contributed by atoms with Crippen molar-refractivity contribution in [1.29, 1.82) is 0 Å². The van der Waals surface area contributed by atoms with Crippen LogP contribution in [0.1, 0.15) is 37.9 Å². The van der Waals surface area contributed by atoms with Crippen LogP contribution < -0.4 is 11.1 Å². The number of nitrogens with two attached hydrogens (primary N) is 1. The second-order valence-electron chi connectivity index (χ2n) is 4.66. The molecule has 0 aromatic heterocycles. The van der Waals surface area contributed by atoms with Crippen molar-refractivity contribution < 1.29 is 13.2 Å². The maximum absolute atomic E-state index is 12.4. The summed E-state index contributed by atoms with van der Waals surface area (Å²) in [5, 5.41) is 3.25. The number of alkyl halides is 3. The van der Waals surface area contributed by atoms with Crippen LogP contribution in [-0.2, 0) is 6.18 Å². The molecule has 0 bridgehead atoms. The first-order valence-corrected chi connectivity index (χ1v) is 5.90. The molecule has 0 heterocycles. The summed E-state index contributed by atoms with van der Waals surface area (Å²) in [6, 6.07) is 5.24. The Kier molecular flexibility index (Phi) is 4.76. The predicted octanol–water partition coefficient (Wildman–Crippen LogP) is 3.09. The predicted molar refractivity (Wildman–Crippen MR) is 66.1 cm³/mol. The smallest absolute Gasteiger partial charge is 0.327 e. The first-order valence-electron chi connectivity index (χ1n) is 5.90. The van der Waals surface area contributed by atoms with E-state index in [4.69, 9.17) is 5.73 Å². The van der Waals surface area contributed by atoms with Crippen LogP contribution in [0.25, 0.3) is 0 Å². The minimum Gasteiger partial charge on any atom is -0.327 e. The van der Waals surface area contributed by atoms with Crippen LogP contribution in [0.3, 0.4) is 0 Å². The summed E-state index contributed by atoms with van der Waals surface area (Å²) in [4.78, 5) is 0. The average molecular weight is 260 g/mol. The van der Waals surface area contributed by atoms with Gasteiger partial charge in [0.05, 0.1) is 5.56 Å². The topological polar surface area (TPSA) is 38.0 Å². The Labute approximate surface area is 105 Å². The second-order valence-corrected chi connectivity index (χ2v) is 4.66. The molecule has 0 fully saturated rings. The van der Waals surface area contributed by atoms with E-state index in [9.17, 15) is 13.2 Å². The number of hydrogen-bond donors (Lipinski definition) is 2. The van der Waals surface area contributed by atoms with Crippen LogP contribution in [0.15, 0.2) is 24.3 Å². The number of hydrogen-bond acceptors (Lipinski definition) is 2. The average Bonchev–Trinajstić information content (AvgIpc) is 2.27. The van der Waals surface area contributed by atoms with E-state index in [-0.39, 0.29) is 18.1 Å². The van der Waals surface area contributed by atoms with Gasteiger partial charge in [0.2, 0.25) is 0 Å². The fraction of sp³-hybridized carbons (Fsp3) is 0.538. The fourth-order valence-corrected chi connectivity index (χ4v) is 1.60. The van der Waals surface area contributed by atoms with Crippen LogP contribution in [0.5, 0.6) is 0 Å². The zero-order valence-electron chi connectivity index (χ0n) is 10.8. The molecule has 5 heteroatoms. The van der Waals surface area contributed by atoms with Gasteiger partial charge in [-0.25, -0.2) is 0 Å². The van der Waals surface area contributed by atoms with Crippen LogP contribution in [0.2, 0.25) is 0 Å². The van der Waals surface area contributed by atoms with Crippen molar-refractivity contribution in [2.75, 3.05) is 0 Å². The molecule has 1 rings (SSSR count). The maximum Gasteiger partial charge on any atom is 0.416 e. The summed E-state index contributed by atoms with van der Waals surface area (Å²) < 4.78 is 37.2. The highest BCUT2D eigenvalue weighted by molar-refractivity contribution is 5.26. The molecule has 18 heavy (non-hydrogen) atoms. The molecule has 0 aliphatic heterocycles. The van der Waals surface area contributed by atoms with E-state index in [1.54, 1.807) is 0 Å². The molecular weight excluding hydrogens is 241 g/mol. The quantitative estimate of drug-likeness (QED) is 0.873. The summed E-state index contributed by atoms with van der Waals surface area (Å²) in [5.41, 5.74) is 5.92. The highest BCUT2D eigenvalue weighted by Crippen LogP contribution is 2.29. The highest BCUT2D eigenvalue weighted by Gasteiger charge is 2.30. The molecule has 1 aromatic rings. The molecule has 0 aliphatic rings. The Morgan fingerprint density at radius 2 is 1.56 bits per heavy atom. The zero-order valence-corrected chi connectivity index (χ0v) is 10.8. The Balaban J connectivity index is 2.73. The number of nitrogens with one attached hydrogen (secondary N) is 1. The Hall–Kier alpha value is -1.07. The van der Waals surface area contributed by atoms with Crippen LogP contribution in [0.4, 0.5) is 13.2 Å². The van der Waals surface area contributed by atoms with E-state index in [1.807, 2.05) is 20.8 Å². The second kappa shape index (κ2) is 5.71. The maximum atomic E-state index is 12.4.